The predicted octanol–water partition coefficient (Wildman–Crippen LogP) is 2.65. The standard InChI is InChI=1S/C21H25FN2O4/c1-26-19-8-7-15(13-20(19)27-2)18(24-9-11-28-12-10-24)14-23-21(25)16-5-3-4-6-17(16)22/h3-8,13,18H,9-12,14H2,1-2H3,(H,23,25). The average molecular weight is 388 g/mol. The molecular weight excluding hydrogens is 363 g/mol. The zero-order valence-corrected chi connectivity index (χ0v) is 16.1. The van der Waals surface area contributed by atoms with E-state index in [1.807, 2.05) is 18.2 Å². The van der Waals surface area contributed by atoms with Crippen molar-refractivity contribution in [1.82, 2.24) is 10.2 Å². The number of nitrogens with one attached hydrogen (secondary N) is 1. The summed E-state index contributed by atoms with van der Waals surface area (Å²) in [4.78, 5) is 14.7. The minimum absolute atomic E-state index is 0.0375. The summed E-state index contributed by atoms with van der Waals surface area (Å²) in [6.45, 7) is 3.09. The van der Waals surface area contributed by atoms with E-state index < -0.39 is 11.7 Å². The Hall–Kier alpha value is -2.64. The smallest absolute Gasteiger partial charge is 0.254 e. The van der Waals surface area contributed by atoms with Crippen molar-refractivity contribution in [1.29, 1.82) is 0 Å². The molecule has 1 unspecified atom stereocenters. The van der Waals surface area contributed by atoms with Crippen LogP contribution in [0, 0.1) is 5.82 Å². The van der Waals surface area contributed by atoms with Crippen molar-refractivity contribution in [3.63, 3.8) is 0 Å². The molecule has 1 atom stereocenters. The van der Waals surface area contributed by atoms with Crippen LogP contribution in [0.25, 0.3) is 0 Å². The van der Waals surface area contributed by atoms with Crippen LogP contribution in [0.1, 0.15) is 22.0 Å². The molecule has 0 aliphatic carbocycles. The summed E-state index contributed by atoms with van der Waals surface area (Å²) in [7, 11) is 3.18. The van der Waals surface area contributed by atoms with Gasteiger partial charge in [-0.05, 0) is 29.8 Å². The Bertz CT molecular complexity index is 809. The number of hydrogen-bond donors (Lipinski definition) is 1. The molecule has 2 aromatic carbocycles. The van der Waals surface area contributed by atoms with Crippen molar-refractivity contribution in [3.05, 3.63) is 59.4 Å². The Kier molecular flexibility index (Phi) is 6.84. The van der Waals surface area contributed by atoms with Crippen LogP contribution in [0.3, 0.4) is 0 Å². The van der Waals surface area contributed by atoms with Gasteiger partial charge in [0.1, 0.15) is 5.82 Å². The highest BCUT2D eigenvalue weighted by molar-refractivity contribution is 5.94. The highest BCUT2D eigenvalue weighted by Gasteiger charge is 2.25. The highest BCUT2D eigenvalue weighted by atomic mass is 19.1. The number of ether oxygens (including phenoxy) is 3. The second-order valence-electron chi connectivity index (χ2n) is 6.47. The van der Waals surface area contributed by atoms with Crippen LogP contribution in [-0.4, -0.2) is 57.9 Å². The molecule has 1 aliphatic rings. The normalized spacial score (nSPS) is 15.7. The van der Waals surface area contributed by atoms with Gasteiger partial charge in [-0.3, -0.25) is 9.69 Å². The van der Waals surface area contributed by atoms with Crippen LogP contribution in [0.5, 0.6) is 11.5 Å². The van der Waals surface area contributed by atoms with Gasteiger partial charge in [-0.25, -0.2) is 4.39 Å². The molecule has 0 radical (unpaired) electrons. The second kappa shape index (κ2) is 9.52. The van der Waals surface area contributed by atoms with E-state index in [9.17, 15) is 9.18 Å². The van der Waals surface area contributed by atoms with Gasteiger partial charge >= 0.3 is 0 Å². The molecule has 150 valence electrons. The van der Waals surface area contributed by atoms with Crippen molar-refractivity contribution in [2.45, 2.75) is 6.04 Å². The van der Waals surface area contributed by atoms with E-state index in [0.717, 1.165) is 18.7 Å². The summed E-state index contributed by atoms with van der Waals surface area (Å²) in [5, 5.41) is 2.87. The Balaban J connectivity index is 1.81. The number of carbonyl (C=O) groups is 1. The first-order valence-electron chi connectivity index (χ1n) is 9.20. The van der Waals surface area contributed by atoms with E-state index in [2.05, 4.69) is 10.2 Å². The fraction of sp³-hybridized carbons (Fsp3) is 0.381. The molecule has 0 saturated carbocycles. The lowest BCUT2D eigenvalue weighted by atomic mass is 10.0. The average Bonchev–Trinajstić information content (AvgIpc) is 2.74. The van der Waals surface area contributed by atoms with Crippen LogP contribution in [0.4, 0.5) is 4.39 Å². The summed E-state index contributed by atoms with van der Waals surface area (Å²) in [6.07, 6.45) is 0. The highest BCUT2D eigenvalue weighted by Crippen LogP contribution is 2.32. The zero-order valence-electron chi connectivity index (χ0n) is 16.1. The summed E-state index contributed by atoms with van der Waals surface area (Å²) >= 11 is 0. The molecule has 1 heterocycles. The molecule has 7 heteroatoms. The molecule has 1 aliphatic heterocycles. The maximum atomic E-state index is 13.9. The van der Waals surface area contributed by atoms with Gasteiger partial charge in [-0.1, -0.05) is 18.2 Å². The van der Waals surface area contributed by atoms with Crippen LogP contribution in [-0.2, 0) is 4.74 Å². The van der Waals surface area contributed by atoms with Gasteiger partial charge in [-0.2, -0.15) is 0 Å². The van der Waals surface area contributed by atoms with Crippen molar-refractivity contribution in [2.24, 2.45) is 0 Å². The van der Waals surface area contributed by atoms with Gasteiger partial charge in [0.15, 0.2) is 11.5 Å². The van der Waals surface area contributed by atoms with Gasteiger partial charge in [0.05, 0.1) is 39.0 Å². The van der Waals surface area contributed by atoms with Gasteiger partial charge in [0.25, 0.3) is 5.91 Å². The minimum atomic E-state index is -0.533. The Labute approximate surface area is 164 Å². The van der Waals surface area contributed by atoms with E-state index in [-0.39, 0.29) is 11.6 Å². The van der Waals surface area contributed by atoms with Crippen LogP contribution in [0.15, 0.2) is 42.5 Å². The number of methoxy groups -OCH3 is 2. The first-order chi connectivity index (χ1) is 13.6. The van der Waals surface area contributed by atoms with E-state index in [0.29, 0.717) is 31.3 Å². The molecule has 0 aromatic heterocycles. The fourth-order valence-electron chi connectivity index (χ4n) is 3.34. The van der Waals surface area contributed by atoms with Crippen LogP contribution < -0.4 is 14.8 Å². The third-order valence-electron chi connectivity index (χ3n) is 4.85. The van der Waals surface area contributed by atoms with Gasteiger partial charge < -0.3 is 19.5 Å². The van der Waals surface area contributed by atoms with Gasteiger partial charge in [-0.15, -0.1) is 0 Å². The zero-order chi connectivity index (χ0) is 19.9. The first kappa shape index (κ1) is 20.1. The largest absolute Gasteiger partial charge is 0.493 e. The number of halogens is 1. The molecule has 0 bridgehead atoms. The third-order valence-corrected chi connectivity index (χ3v) is 4.85. The number of rotatable bonds is 7. The molecule has 6 nitrogen and oxygen atoms in total. The lowest BCUT2D eigenvalue weighted by molar-refractivity contribution is 0.0162. The lowest BCUT2D eigenvalue weighted by Crippen LogP contribution is -2.44. The second-order valence-corrected chi connectivity index (χ2v) is 6.47. The Morgan fingerprint density at radius 2 is 1.86 bits per heavy atom. The molecule has 28 heavy (non-hydrogen) atoms. The summed E-state index contributed by atoms with van der Waals surface area (Å²) in [6, 6.07) is 11.6. The molecule has 1 N–H and O–H groups in total. The van der Waals surface area contributed by atoms with E-state index in [1.54, 1.807) is 26.4 Å². The van der Waals surface area contributed by atoms with Crippen molar-refractivity contribution in [2.75, 3.05) is 47.1 Å². The number of benzene rings is 2. The minimum Gasteiger partial charge on any atom is -0.493 e. The predicted molar refractivity (Wildman–Crippen MR) is 103 cm³/mol. The molecule has 0 spiro atoms. The quantitative estimate of drug-likeness (QED) is 0.790. The summed E-state index contributed by atoms with van der Waals surface area (Å²) in [5.74, 6) is 0.298. The molecule has 1 saturated heterocycles. The van der Waals surface area contributed by atoms with E-state index in [1.165, 1.54) is 12.1 Å². The van der Waals surface area contributed by atoms with Gasteiger partial charge in [0.2, 0.25) is 0 Å². The van der Waals surface area contributed by atoms with Crippen molar-refractivity contribution in [3.8, 4) is 11.5 Å². The number of morpholine rings is 1. The number of hydrogen-bond acceptors (Lipinski definition) is 5. The fourth-order valence-corrected chi connectivity index (χ4v) is 3.34. The van der Waals surface area contributed by atoms with E-state index >= 15 is 0 Å². The number of amides is 1. The number of carbonyl (C=O) groups excluding carboxylic acids is 1. The first-order valence-corrected chi connectivity index (χ1v) is 9.20. The Morgan fingerprint density at radius 1 is 1.14 bits per heavy atom. The van der Waals surface area contributed by atoms with Crippen LogP contribution in [0.2, 0.25) is 0 Å². The SMILES string of the molecule is COc1ccc(C(CNC(=O)c2ccccc2F)N2CCOCC2)cc1OC. The topological polar surface area (TPSA) is 60.0 Å². The third kappa shape index (κ3) is 4.61. The maximum absolute atomic E-state index is 13.9. The molecule has 1 amide bonds. The molecule has 3 rings (SSSR count). The number of nitrogens with zero attached hydrogens (tertiary/aromatic N) is 1. The van der Waals surface area contributed by atoms with Crippen LogP contribution >= 0.6 is 0 Å². The molecule has 2 aromatic rings. The molecular formula is C21H25FN2O4. The van der Waals surface area contributed by atoms with E-state index in [4.69, 9.17) is 14.2 Å². The summed E-state index contributed by atoms with van der Waals surface area (Å²) < 4.78 is 30.1. The molecule has 1 fully saturated rings. The lowest BCUT2D eigenvalue weighted by Gasteiger charge is -2.35. The Morgan fingerprint density at radius 3 is 2.54 bits per heavy atom. The van der Waals surface area contributed by atoms with Crippen molar-refractivity contribution < 1.29 is 23.4 Å². The van der Waals surface area contributed by atoms with Crippen molar-refractivity contribution >= 4 is 5.91 Å². The maximum Gasteiger partial charge on any atom is 0.254 e. The summed E-state index contributed by atoms with van der Waals surface area (Å²) in [5.41, 5.74) is 1.02. The monoisotopic (exact) mass is 388 g/mol. The van der Waals surface area contributed by atoms with Gasteiger partial charge in [0, 0.05) is 19.6 Å².